The summed E-state index contributed by atoms with van der Waals surface area (Å²) in [6.45, 7) is 5.93. The summed E-state index contributed by atoms with van der Waals surface area (Å²) >= 11 is 6.16. The first-order valence-corrected chi connectivity index (χ1v) is 9.66. The number of rotatable bonds is 7. The fraction of sp³-hybridized carbons (Fsp3) is 0.261. The molecule has 2 aromatic carbocycles. The van der Waals surface area contributed by atoms with Gasteiger partial charge >= 0.3 is 0 Å². The Bertz CT molecular complexity index is 958. The van der Waals surface area contributed by atoms with Gasteiger partial charge in [0, 0.05) is 10.6 Å². The Kier molecular flexibility index (Phi) is 6.60. The van der Waals surface area contributed by atoms with Gasteiger partial charge in [-0.15, -0.1) is 0 Å². The van der Waals surface area contributed by atoms with Gasteiger partial charge in [0.25, 0.3) is 5.91 Å². The third-order valence-corrected chi connectivity index (χ3v) is 4.99. The minimum absolute atomic E-state index is 0.0141. The van der Waals surface area contributed by atoms with Gasteiger partial charge < -0.3 is 14.1 Å². The molecule has 3 rings (SSSR count). The van der Waals surface area contributed by atoms with Crippen molar-refractivity contribution in [1.82, 2.24) is 4.90 Å². The van der Waals surface area contributed by atoms with Crippen molar-refractivity contribution < 1.29 is 18.3 Å². The van der Waals surface area contributed by atoms with E-state index in [1.54, 1.807) is 18.2 Å². The van der Waals surface area contributed by atoms with Gasteiger partial charge in [0.05, 0.1) is 19.4 Å². The molecule has 0 aliphatic heterocycles. The van der Waals surface area contributed by atoms with Crippen molar-refractivity contribution in [2.24, 2.45) is 0 Å². The summed E-state index contributed by atoms with van der Waals surface area (Å²) in [4.78, 5) is 14.4. The molecule has 1 aromatic heterocycles. The zero-order valence-corrected chi connectivity index (χ0v) is 17.4. The van der Waals surface area contributed by atoms with Crippen LogP contribution in [0.4, 0.5) is 4.39 Å². The van der Waals surface area contributed by atoms with Crippen LogP contribution in [0.15, 0.2) is 53.1 Å². The van der Waals surface area contributed by atoms with E-state index in [0.29, 0.717) is 11.5 Å². The van der Waals surface area contributed by atoms with Crippen molar-refractivity contribution in [2.45, 2.75) is 33.9 Å². The average molecular weight is 416 g/mol. The molecule has 0 aliphatic rings. The molecule has 1 amide bonds. The maximum Gasteiger partial charge on any atom is 0.261 e. The van der Waals surface area contributed by atoms with Crippen LogP contribution in [0.2, 0.25) is 5.02 Å². The molecule has 0 saturated carbocycles. The highest BCUT2D eigenvalue weighted by Gasteiger charge is 2.20. The SMILES string of the molecule is Cc1cc(C)c(OCC(=O)N(Cc2ccco2)Cc2c(F)cccc2Cl)c(C)c1. The number of furan rings is 1. The molecule has 0 spiro atoms. The van der Waals surface area contributed by atoms with E-state index in [-0.39, 0.29) is 36.2 Å². The third kappa shape index (κ3) is 5.18. The van der Waals surface area contributed by atoms with E-state index in [9.17, 15) is 9.18 Å². The van der Waals surface area contributed by atoms with Crippen LogP contribution in [0.1, 0.15) is 28.0 Å². The van der Waals surface area contributed by atoms with Gasteiger partial charge in [0.1, 0.15) is 17.3 Å². The normalized spacial score (nSPS) is 10.8. The second-order valence-electron chi connectivity index (χ2n) is 7.05. The molecule has 0 atom stereocenters. The van der Waals surface area contributed by atoms with Crippen LogP contribution in [0.5, 0.6) is 5.75 Å². The summed E-state index contributed by atoms with van der Waals surface area (Å²) in [5.41, 5.74) is 3.32. The van der Waals surface area contributed by atoms with Crippen LogP contribution in [0.3, 0.4) is 0 Å². The standard InChI is InChI=1S/C23H23ClFNO3/c1-15-10-16(2)23(17(3)11-15)29-14-22(27)26(12-18-6-5-9-28-18)13-19-20(24)7-4-8-21(19)25/h4-11H,12-14H2,1-3H3. The maximum absolute atomic E-state index is 14.3. The lowest BCUT2D eigenvalue weighted by atomic mass is 10.1. The lowest BCUT2D eigenvalue weighted by Crippen LogP contribution is -2.34. The lowest BCUT2D eigenvalue weighted by molar-refractivity contribution is -0.135. The molecular formula is C23H23ClFNO3. The maximum atomic E-state index is 14.3. The molecule has 0 bridgehead atoms. The van der Waals surface area contributed by atoms with E-state index < -0.39 is 5.82 Å². The molecule has 1 heterocycles. The minimum Gasteiger partial charge on any atom is -0.483 e. The summed E-state index contributed by atoms with van der Waals surface area (Å²) < 4.78 is 25.5. The zero-order valence-electron chi connectivity index (χ0n) is 16.7. The summed E-state index contributed by atoms with van der Waals surface area (Å²) in [5.74, 6) is 0.528. The molecule has 0 fully saturated rings. The Morgan fingerprint density at radius 1 is 1.10 bits per heavy atom. The average Bonchev–Trinajstić information content (AvgIpc) is 3.16. The number of amides is 1. The second-order valence-corrected chi connectivity index (χ2v) is 7.45. The number of ether oxygens (including phenoxy) is 1. The number of benzene rings is 2. The van der Waals surface area contributed by atoms with E-state index in [0.717, 1.165) is 16.7 Å². The summed E-state index contributed by atoms with van der Waals surface area (Å²) in [5, 5.41) is 0.272. The summed E-state index contributed by atoms with van der Waals surface area (Å²) in [7, 11) is 0. The molecule has 152 valence electrons. The van der Waals surface area contributed by atoms with Gasteiger partial charge in [0.2, 0.25) is 0 Å². The molecule has 0 radical (unpaired) electrons. The molecule has 0 saturated heterocycles. The zero-order chi connectivity index (χ0) is 21.0. The minimum atomic E-state index is -0.458. The van der Waals surface area contributed by atoms with Crippen LogP contribution >= 0.6 is 11.6 Å². The number of carbonyl (C=O) groups excluding carboxylic acids is 1. The molecule has 6 heteroatoms. The summed E-state index contributed by atoms with van der Waals surface area (Å²) in [6.07, 6.45) is 1.53. The van der Waals surface area contributed by atoms with Crippen LogP contribution in [0.25, 0.3) is 0 Å². The monoisotopic (exact) mass is 415 g/mol. The number of nitrogens with zero attached hydrogens (tertiary/aromatic N) is 1. The smallest absolute Gasteiger partial charge is 0.261 e. The topological polar surface area (TPSA) is 42.7 Å². The van der Waals surface area contributed by atoms with Crippen LogP contribution < -0.4 is 4.74 Å². The fourth-order valence-corrected chi connectivity index (χ4v) is 3.54. The highest BCUT2D eigenvalue weighted by Crippen LogP contribution is 2.25. The first-order chi connectivity index (χ1) is 13.8. The predicted molar refractivity (Wildman–Crippen MR) is 111 cm³/mol. The number of hydrogen-bond donors (Lipinski definition) is 0. The molecule has 3 aromatic rings. The number of hydrogen-bond acceptors (Lipinski definition) is 3. The van der Waals surface area contributed by atoms with Crippen molar-refractivity contribution in [3.05, 3.63) is 87.6 Å². The molecule has 0 aliphatic carbocycles. The van der Waals surface area contributed by atoms with E-state index in [2.05, 4.69) is 0 Å². The molecule has 0 unspecified atom stereocenters. The molecule has 0 N–H and O–H groups in total. The van der Waals surface area contributed by atoms with Gasteiger partial charge in [-0.1, -0.05) is 35.4 Å². The van der Waals surface area contributed by atoms with Crippen LogP contribution in [0, 0.1) is 26.6 Å². The summed E-state index contributed by atoms with van der Waals surface area (Å²) in [6, 6.07) is 12.0. The van der Waals surface area contributed by atoms with E-state index in [4.69, 9.17) is 20.8 Å². The first-order valence-electron chi connectivity index (χ1n) is 9.29. The van der Waals surface area contributed by atoms with E-state index in [1.807, 2.05) is 32.9 Å². The highest BCUT2D eigenvalue weighted by molar-refractivity contribution is 6.31. The fourth-order valence-electron chi connectivity index (χ4n) is 3.32. The Balaban J connectivity index is 1.79. The number of aryl methyl sites for hydroxylation is 3. The predicted octanol–water partition coefficient (Wildman–Crippen LogP) is 5.61. The molecular weight excluding hydrogens is 393 g/mol. The molecule has 4 nitrogen and oxygen atoms in total. The van der Waals surface area contributed by atoms with Gasteiger partial charge in [-0.25, -0.2) is 4.39 Å². The van der Waals surface area contributed by atoms with Crippen molar-refractivity contribution in [3.8, 4) is 5.75 Å². The molecule has 29 heavy (non-hydrogen) atoms. The second kappa shape index (κ2) is 9.14. The van der Waals surface area contributed by atoms with Crippen LogP contribution in [-0.2, 0) is 17.9 Å². The number of carbonyl (C=O) groups is 1. The van der Waals surface area contributed by atoms with Crippen molar-refractivity contribution in [3.63, 3.8) is 0 Å². The third-order valence-electron chi connectivity index (χ3n) is 4.63. The van der Waals surface area contributed by atoms with Crippen LogP contribution in [-0.4, -0.2) is 17.4 Å². The Labute approximate surface area is 174 Å². The van der Waals surface area contributed by atoms with Crippen molar-refractivity contribution >= 4 is 17.5 Å². The van der Waals surface area contributed by atoms with Gasteiger partial charge in [-0.3, -0.25) is 4.79 Å². The highest BCUT2D eigenvalue weighted by atomic mass is 35.5. The number of halogens is 2. The lowest BCUT2D eigenvalue weighted by Gasteiger charge is -2.23. The Morgan fingerprint density at radius 2 is 1.83 bits per heavy atom. The first kappa shape index (κ1) is 20.9. The Hall–Kier alpha value is -2.79. The van der Waals surface area contributed by atoms with Gasteiger partial charge in [-0.2, -0.15) is 0 Å². The quantitative estimate of drug-likeness (QED) is 0.504. The Morgan fingerprint density at radius 3 is 2.45 bits per heavy atom. The van der Waals surface area contributed by atoms with E-state index >= 15 is 0 Å². The van der Waals surface area contributed by atoms with Gasteiger partial charge in [0.15, 0.2) is 6.61 Å². The van der Waals surface area contributed by atoms with Crippen molar-refractivity contribution in [2.75, 3.05) is 6.61 Å². The van der Waals surface area contributed by atoms with E-state index in [1.165, 1.54) is 23.3 Å². The van der Waals surface area contributed by atoms with Gasteiger partial charge in [-0.05, 0) is 56.2 Å². The van der Waals surface area contributed by atoms with Crippen molar-refractivity contribution in [1.29, 1.82) is 0 Å². The largest absolute Gasteiger partial charge is 0.483 e.